The molecule has 2 aromatic rings. The third kappa shape index (κ3) is 3.58. The number of rotatable bonds is 4. The van der Waals surface area contributed by atoms with Crippen LogP contribution in [0.4, 0.5) is 5.69 Å². The van der Waals surface area contributed by atoms with Gasteiger partial charge in [-0.1, -0.05) is 6.07 Å². The molecule has 1 aliphatic rings. The van der Waals surface area contributed by atoms with E-state index in [0.717, 1.165) is 0 Å². The van der Waals surface area contributed by atoms with Crippen LogP contribution < -0.4 is 10.5 Å². The highest BCUT2D eigenvalue weighted by atomic mass is 32.2. The zero-order valence-corrected chi connectivity index (χ0v) is 14.2. The molecule has 130 valence electrons. The number of benzene rings is 2. The van der Waals surface area contributed by atoms with Crippen LogP contribution in [0.3, 0.4) is 0 Å². The van der Waals surface area contributed by atoms with Gasteiger partial charge in [-0.05, 0) is 36.4 Å². The number of nitrogen functional groups attached to an aromatic ring is 1. The molecular weight excluding hydrogens is 342 g/mol. The fraction of sp³-hybridized carbons (Fsp3) is 0.235. The van der Waals surface area contributed by atoms with Gasteiger partial charge in [0.25, 0.3) is 0 Å². The number of nitriles is 1. The van der Waals surface area contributed by atoms with Gasteiger partial charge in [-0.3, -0.25) is 0 Å². The Bertz CT molecular complexity index is 898. The maximum absolute atomic E-state index is 12.6. The fourth-order valence-corrected chi connectivity index (χ4v) is 3.90. The average molecular weight is 359 g/mol. The molecule has 0 bridgehead atoms. The van der Waals surface area contributed by atoms with Crippen LogP contribution in [0.15, 0.2) is 47.4 Å². The minimum atomic E-state index is -3.55. The Balaban J connectivity index is 1.83. The number of anilines is 1. The van der Waals surface area contributed by atoms with Crippen molar-refractivity contribution in [2.24, 2.45) is 0 Å². The van der Waals surface area contributed by atoms with Gasteiger partial charge in [0, 0.05) is 13.1 Å². The molecule has 0 amide bonds. The Morgan fingerprint density at radius 2 is 1.80 bits per heavy atom. The summed E-state index contributed by atoms with van der Waals surface area (Å²) in [7, 11) is -3.55. The molecule has 0 aromatic heterocycles. The van der Waals surface area contributed by atoms with Crippen LogP contribution in [-0.2, 0) is 14.8 Å². The lowest BCUT2D eigenvalue weighted by atomic mass is 10.2. The molecule has 7 nitrogen and oxygen atoms in total. The van der Waals surface area contributed by atoms with E-state index >= 15 is 0 Å². The number of hydrogen-bond donors (Lipinski definition) is 1. The predicted octanol–water partition coefficient (Wildman–Crippen LogP) is 1.95. The van der Waals surface area contributed by atoms with Gasteiger partial charge in [-0.15, -0.1) is 0 Å². The first kappa shape index (κ1) is 17.2. The van der Waals surface area contributed by atoms with E-state index in [0.29, 0.717) is 43.3 Å². The van der Waals surface area contributed by atoms with Crippen LogP contribution in [-0.4, -0.2) is 39.0 Å². The highest BCUT2D eigenvalue weighted by Crippen LogP contribution is 2.31. The molecule has 0 saturated carbocycles. The first-order valence-electron chi connectivity index (χ1n) is 7.67. The van der Waals surface area contributed by atoms with E-state index in [-0.39, 0.29) is 10.6 Å². The second-order valence-electron chi connectivity index (χ2n) is 5.43. The zero-order valence-electron chi connectivity index (χ0n) is 13.4. The topological polar surface area (TPSA) is 106 Å². The van der Waals surface area contributed by atoms with Gasteiger partial charge in [0.2, 0.25) is 10.0 Å². The third-order valence-electron chi connectivity index (χ3n) is 3.82. The summed E-state index contributed by atoms with van der Waals surface area (Å²) in [6.45, 7) is 1.47. The van der Waals surface area contributed by atoms with Crippen molar-refractivity contribution in [1.29, 1.82) is 5.26 Å². The third-order valence-corrected chi connectivity index (χ3v) is 5.73. The molecule has 1 aliphatic heterocycles. The van der Waals surface area contributed by atoms with Crippen molar-refractivity contribution >= 4 is 15.7 Å². The van der Waals surface area contributed by atoms with Gasteiger partial charge < -0.3 is 15.2 Å². The van der Waals surface area contributed by atoms with Crippen molar-refractivity contribution in [2.45, 2.75) is 4.90 Å². The Morgan fingerprint density at radius 3 is 2.44 bits per heavy atom. The maximum Gasteiger partial charge on any atom is 0.243 e. The number of hydrogen-bond acceptors (Lipinski definition) is 6. The molecule has 3 rings (SSSR count). The van der Waals surface area contributed by atoms with E-state index in [4.69, 9.17) is 20.5 Å². The summed E-state index contributed by atoms with van der Waals surface area (Å²) in [5, 5.41) is 9.14. The van der Waals surface area contributed by atoms with Crippen molar-refractivity contribution < 1.29 is 17.9 Å². The van der Waals surface area contributed by atoms with Gasteiger partial charge in [-0.2, -0.15) is 9.57 Å². The smallest absolute Gasteiger partial charge is 0.243 e. The summed E-state index contributed by atoms with van der Waals surface area (Å²) in [6.07, 6.45) is 0. The van der Waals surface area contributed by atoms with Crippen LogP contribution in [0.2, 0.25) is 0 Å². The molecule has 1 heterocycles. The maximum atomic E-state index is 12.6. The lowest BCUT2D eigenvalue weighted by Gasteiger charge is -2.26. The van der Waals surface area contributed by atoms with Crippen LogP contribution in [0.5, 0.6) is 11.5 Å². The van der Waals surface area contributed by atoms with Crippen LogP contribution in [0, 0.1) is 11.3 Å². The number of nitrogens with zero attached hydrogens (tertiary/aromatic N) is 2. The summed E-state index contributed by atoms with van der Waals surface area (Å²) in [6, 6.07) is 13.0. The number of para-hydroxylation sites is 1. The van der Waals surface area contributed by atoms with Gasteiger partial charge in [0.05, 0.1) is 29.4 Å². The highest BCUT2D eigenvalue weighted by Gasteiger charge is 2.26. The first-order chi connectivity index (χ1) is 12.0. The average Bonchev–Trinajstić information content (AvgIpc) is 2.64. The molecule has 0 radical (unpaired) electrons. The molecule has 8 heteroatoms. The standard InChI is InChI=1S/C17H17N3O4S/c18-12-13-2-1-3-16(19)17(13)24-14-4-6-15(7-5-14)25(21,22)20-8-10-23-11-9-20/h1-7H,8-11,19H2. The van der Waals surface area contributed by atoms with E-state index in [1.54, 1.807) is 30.3 Å². The van der Waals surface area contributed by atoms with Gasteiger partial charge in [0.15, 0.2) is 5.75 Å². The SMILES string of the molecule is N#Cc1cccc(N)c1Oc1ccc(S(=O)(=O)N2CCOCC2)cc1. The zero-order chi connectivity index (χ0) is 17.9. The summed E-state index contributed by atoms with van der Waals surface area (Å²) in [4.78, 5) is 0.184. The Hall–Kier alpha value is -2.60. The van der Waals surface area contributed by atoms with Gasteiger partial charge >= 0.3 is 0 Å². The van der Waals surface area contributed by atoms with Crippen molar-refractivity contribution in [1.82, 2.24) is 4.31 Å². The lowest BCUT2D eigenvalue weighted by molar-refractivity contribution is 0.0730. The highest BCUT2D eigenvalue weighted by molar-refractivity contribution is 7.89. The van der Waals surface area contributed by atoms with Crippen LogP contribution in [0.1, 0.15) is 5.56 Å². The minimum Gasteiger partial charge on any atom is -0.454 e. The Labute approximate surface area is 146 Å². The second-order valence-corrected chi connectivity index (χ2v) is 7.36. The second kappa shape index (κ2) is 7.11. The predicted molar refractivity (Wildman–Crippen MR) is 91.7 cm³/mol. The molecule has 1 fully saturated rings. The molecule has 2 N–H and O–H groups in total. The molecule has 1 saturated heterocycles. The Morgan fingerprint density at radius 1 is 1.12 bits per heavy atom. The quantitative estimate of drug-likeness (QED) is 0.837. The molecule has 0 unspecified atom stereocenters. The number of nitrogens with two attached hydrogens (primary N) is 1. The molecular formula is C17H17N3O4S. The molecule has 25 heavy (non-hydrogen) atoms. The van der Waals surface area contributed by atoms with Crippen molar-refractivity contribution in [2.75, 3.05) is 32.0 Å². The van der Waals surface area contributed by atoms with E-state index in [1.807, 2.05) is 6.07 Å². The summed E-state index contributed by atoms with van der Waals surface area (Å²) in [5.74, 6) is 0.657. The van der Waals surface area contributed by atoms with Crippen LogP contribution in [0.25, 0.3) is 0 Å². The van der Waals surface area contributed by atoms with Crippen molar-refractivity contribution in [3.63, 3.8) is 0 Å². The van der Waals surface area contributed by atoms with Gasteiger partial charge in [-0.25, -0.2) is 8.42 Å². The van der Waals surface area contributed by atoms with Crippen molar-refractivity contribution in [3.05, 3.63) is 48.0 Å². The van der Waals surface area contributed by atoms with E-state index < -0.39 is 10.0 Å². The van der Waals surface area contributed by atoms with E-state index in [1.165, 1.54) is 16.4 Å². The van der Waals surface area contributed by atoms with Gasteiger partial charge in [0.1, 0.15) is 11.8 Å². The normalized spacial score (nSPS) is 15.5. The molecule has 0 aliphatic carbocycles. The summed E-state index contributed by atoms with van der Waals surface area (Å²) < 4.78 is 37.4. The molecule has 0 atom stereocenters. The fourth-order valence-electron chi connectivity index (χ4n) is 2.49. The largest absolute Gasteiger partial charge is 0.454 e. The van der Waals surface area contributed by atoms with Crippen molar-refractivity contribution in [3.8, 4) is 17.6 Å². The van der Waals surface area contributed by atoms with Crippen LogP contribution >= 0.6 is 0 Å². The number of morpholine rings is 1. The number of ether oxygens (including phenoxy) is 2. The number of sulfonamides is 1. The summed E-state index contributed by atoms with van der Waals surface area (Å²) in [5.41, 5.74) is 6.50. The first-order valence-corrected chi connectivity index (χ1v) is 9.11. The molecule has 2 aromatic carbocycles. The van der Waals surface area contributed by atoms with E-state index in [2.05, 4.69) is 0 Å². The Kier molecular flexibility index (Phi) is 4.90. The summed E-state index contributed by atoms with van der Waals surface area (Å²) >= 11 is 0. The minimum absolute atomic E-state index is 0.184. The monoisotopic (exact) mass is 359 g/mol. The molecule has 0 spiro atoms. The van der Waals surface area contributed by atoms with E-state index in [9.17, 15) is 8.42 Å². The lowest BCUT2D eigenvalue weighted by Crippen LogP contribution is -2.40.